The van der Waals surface area contributed by atoms with Crippen LogP contribution in [-0.4, -0.2) is 44.6 Å². The molecule has 1 saturated heterocycles. The Bertz CT molecular complexity index is 634. The van der Waals surface area contributed by atoms with E-state index in [1.54, 1.807) is 24.0 Å². The summed E-state index contributed by atoms with van der Waals surface area (Å²) in [5, 5.41) is 0. The van der Waals surface area contributed by atoms with Crippen molar-refractivity contribution in [1.29, 1.82) is 0 Å². The van der Waals surface area contributed by atoms with Crippen molar-refractivity contribution in [2.45, 2.75) is 45.6 Å². The Balaban J connectivity index is 2.28. The summed E-state index contributed by atoms with van der Waals surface area (Å²) in [6.07, 6.45) is 5.15. The quantitative estimate of drug-likeness (QED) is 0.828. The first kappa shape index (κ1) is 17.8. The maximum atomic E-state index is 12.7. The van der Waals surface area contributed by atoms with Crippen LogP contribution in [0.4, 0.5) is 5.69 Å². The highest BCUT2D eigenvalue weighted by atomic mass is 32.2. The molecule has 1 aliphatic rings. The fraction of sp³-hybridized carbons (Fsp3) is 0.588. The molecule has 0 N–H and O–H groups in total. The summed E-state index contributed by atoms with van der Waals surface area (Å²) in [6.45, 7) is 5.16. The number of hydrogen-bond acceptors (Lipinski definition) is 3. The van der Waals surface area contributed by atoms with Crippen LogP contribution in [0.15, 0.2) is 24.3 Å². The predicted octanol–water partition coefficient (Wildman–Crippen LogP) is 2.42. The molecule has 2 rings (SSSR count). The Labute approximate surface area is 139 Å². The lowest BCUT2D eigenvalue weighted by atomic mass is 10.1. The van der Waals surface area contributed by atoms with Crippen molar-refractivity contribution in [3.63, 3.8) is 0 Å². The molecule has 0 unspecified atom stereocenters. The molecular weight excluding hydrogens is 312 g/mol. The summed E-state index contributed by atoms with van der Waals surface area (Å²) >= 11 is 0. The Hall–Kier alpha value is -1.56. The number of piperidine rings is 1. The summed E-state index contributed by atoms with van der Waals surface area (Å²) in [4.78, 5) is 14.5. The van der Waals surface area contributed by atoms with Crippen molar-refractivity contribution >= 4 is 21.6 Å². The smallest absolute Gasteiger partial charge is 0.246 e. The van der Waals surface area contributed by atoms with Crippen molar-refractivity contribution < 1.29 is 13.2 Å². The fourth-order valence-corrected chi connectivity index (χ4v) is 4.23. The van der Waals surface area contributed by atoms with Gasteiger partial charge in [-0.1, -0.05) is 19.1 Å². The Morgan fingerprint density at radius 2 is 1.74 bits per heavy atom. The Kier molecular flexibility index (Phi) is 5.68. The van der Waals surface area contributed by atoms with E-state index < -0.39 is 16.1 Å². The molecule has 1 atom stereocenters. The van der Waals surface area contributed by atoms with Gasteiger partial charge in [0.25, 0.3) is 0 Å². The summed E-state index contributed by atoms with van der Waals surface area (Å²) in [6, 6.07) is 6.65. The molecule has 0 radical (unpaired) electrons. The molecule has 23 heavy (non-hydrogen) atoms. The largest absolute Gasteiger partial charge is 0.341 e. The lowest BCUT2D eigenvalue weighted by Gasteiger charge is -2.34. The average molecular weight is 338 g/mol. The van der Waals surface area contributed by atoms with Crippen LogP contribution < -0.4 is 4.31 Å². The number of benzene rings is 1. The number of hydrogen-bond donors (Lipinski definition) is 0. The van der Waals surface area contributed by atoms with E-state index in [2.05, 4.69) is 0 Å². The molecular formula is C17H26N2O3S. The van der Waals surface area contributed by atoms with Crippen molar-refractivity contribution in [3.05, 3.63) is 29.8 Å². The molecule has 128 valence electrons. The molecule has 1 aliphatic heterocycles. The Morgan fingerprint density at radius 3 is 2.22 bits per heavy atom. The van der Waals surface area contributed by atoms with Crippen LogP contribution in [0.5, 0.6) is 0 Å². The zero-order valence-corrected chi connectivity index (χ0v) is 15.0. The van der Waals surface area contributed by atoms with Crippen LogP contribution in [0, 0.1) is 0 Å². The molecule has 0 bridgehead atoms. The summed E-state index contributed by atoms with van der Waals surface area (Å²) in [7, 11) is -3.53. The van der Waals surface area contributed by atoms with E-state index in [-0.39, 0.29) is 5.91 Å². The summed E-state index contributed by atoms with van der Waals surface area (Å²) < 4.78 is 25.8. The molecule has 0 spiro atoms. The molecule has 5 nitrogen and oxygen atoms in total. The van der Waals surface area contributed by atoms with Crippen molar-refractivity contribution in [2.24, 2.45) is 0 Å². The first-order valence-electron chi connectivity index (χ1n) is 8.21. The van der Waals surface area contributed by atoms with E-state index in [0.717, 1.165) is 50.6 Å². The second-order valence-electron chi connectivity index (χ2n) is 6.14. The van der Waals surface area contributed by atoms with Crippen LogP contribution in [0.3, 0.4) is 0 Å². The maximum absolute atomic E-state index is 12.7. The number of amides is 1. The minimum atomic E-state index is -3.53. The second-order valence-corrected chi connectivity index (χ2v) is 8.00. The van der Waals surface area contributed by atoms with Gasteiger partial charge in [-0.25, -0.2) is 8.42 Å². The maximum Gasteiger partial charge on any atom is 0.246 e. The highest BCUT2D eigenvalue weighted by Gasteiger charge is 2.32. The monoisotopic (exact) mass is 338 g/mol. The third-order valence-corrected chi connectivity index (χ3v) is 5.57. The molecule has 1 amide bonds. The van der Waals surface area contributed by atoms with Crippen molar-refractivity contribution in [1.82, 2.24) is 4.90 Å². The highest BCUT2D eigenvalue weighted by molar-refractivity contribution is 7.92. The van der Waals surface area contributed by atoms with Gasteiger partial charge in [-0.3, -0.25) is 9.10 Å². The number of carbonyl (C=O) groups is 1. The first-order valence-corrected chi connectivity index (χ1v) is 10.1. The molecule has 6 heteroatoms. The van der Waals surface area contributed by atoms with Crippen LogP contribution in [-0.2, 0) is 21.2 Å². The molecule has 1 aromatic rings. The van der Waals surface area contributed by atoms with E-state index in [1.165, 1.54) is 4.31 Å². The van der Waals surface area contributed by atoms with Gasteiger partial charge in [-0.05, 0) is 50.3 Å². The predicted molar refractivity (Wildman–Crippen MR) is 93.0 cm³/mol. The van der Waals surface area contributed by atoms with E-state index in [4.69, 9.17) is 0 Å². The van der Waals surface area contributed by atoms with E-state index in [1.807, 2.05) is 19.1 Å². The first-order chi connectivity index (χ1) is 10.8. The number of rotatable bonds is 5. The van der Waals surface area contributed by atoms with Gasteiger partial charge in [0.1, 0.15) is 6.04 Å². The number of anilines is 1. The number of aryl methyl sites for hydroxylation is 1. The molecule has 0 aliphatic carbocycles. The lowest BCUT2D eigenvalue weighted by molar-refractivity contribution is -0.132. The van der Waals surface area contributed by atoms with E-state index in [0.29, 0.717) is 5.69 Å². The Morgan fingerprint density at radius 1 is 1.17 bits per heavy atom. The van der Waals surface area contributed by atoms with Gasteiger partial charge in [-0.15, -0.1) is 0 Å². The van der Waals surface area contributed by atoms with E-state index >= 15 is 0 Å². The minimum absolute atomic E-state index is 0.116. The van der Waals surface area contributed by atoms with Gasteiger partial charge in [-0.2, -0.15) is 0 Å². The van der Waals surface area contributed by atoms with Crippen LogP contribution >= 0.6 is 0 Å². The molecule has 1 heterocycles. The molecule has 0 saturated carbocycles. The zero-order valence-electron chi connectivity index (χ0n) is 14.2. The second kappa shape index (κ2) is 7.34. The zero-order chi connectivity index (χ0) is 17.0. The lowest BCUT2D eigenvalue weighted by Crippen LogP contribution is -2.50. The van der Waals surface area contributed by atoms with Gasteiger partial charge in [0.15, 0.2) is 0 Å². The number of sulfonamides is 1. The van der Waals surface area contributed by atoms with Gasteiger partial charge in [0.05, 0.1) is 11.9 Å². The van der Waals surface area contributed by atoms with Crippen LogP contribution in [0.1, 0.15) is 38.7 Å². The SMILES string of the molecule is CCc1ccc(N([C@@H](C)C(=O)N2CCCCC2)S(C)(=O)=O)cc1. The van der Waals surface area contributed by atoms with Crippen molar-refractivity contribution in [3.8, 4) is 0 Å². The fourth-order valence-electron chi connectivity index (χ4n) is 3.06. The van der Waals surface area contributed by atoms with Crippen LogP contribution in [0.25, 0.3) is 0 Å². The summed E-state index contributed by atoms with van der Waals surface area (Å²) in [5.74, 6) is -0.116. The summed E-state index contributed by atoms with van der Waals surface area (Å²) in [5.41, 5.74) is 1.68. The van der Waals surface area contributed by atoms with Gasteiger partial charge in [0, 0.05) is 13.1 Å². The number of likely N-dealkylation sites (tertiary alicyclic amines) is 1. The van der Waals surface area contributed by atoms with E-state index in [9.17, 15) is 13.2 Å². The minimum Gasteiger partial charge on any atom is -0.341 e. The van der Waals surface area contributed by atoms with Crippen LogP contribution in [0.2, 0.25) is 0 Å². The number of nitrogens with zero attached hydrogens (tertiary/aromatic N) is 2. The van der Waals surface area contributed by atoms with Gasteiger partial charge >= 0.3 is 0 Å². The molecule has 1 aromatic carbocycles. The third-order valence-electron chi connectivity index (χ3n) is 4.33. The number of carbonyl (C=O) groups excluding carboxylic acids is 1. The normalized spacial score (nSPS) is 16.9. The topological polar surface area (TPSA) is 57.7 Å². The standard InChI is InChI=1S/C17H26N2O3S/c1-4-15-8-10-16(11-9-15)19(23(3,21)22)14(2)17(20)18-12-6-5-7-13-18/h8-11,14H,4-7,12-13H2,1-3H3/t14-/m0/s1. The van der Waals surface area contributed by atoms with Crippen molar-refractivity contribution in [2.75, 3.05) is 23.7 Å². The third kappa shape index (κ3) is 4.25. The molecule has 1 fully saturated rings. The van der Waals surface area contributed by atoms with Gasteiger partial charge < -0.3 is 4.90 Å². The average Bonchev–Trinajstić information content (AvgIpc) is 2.54. The highest BCUT2D eigenvalue weighted by Crippen LogP contribution is 2.23. The molecule has 0 aromatic heterocycles. The van der Waals surface area contributed by atoms with Gasteiger partial charge in [0.2, 0.25) is 15.9 Å².